The second-order valence-corrected chi connectivity index (χ2v) is 6.61. The Hall–Kier alpha value is -1.80. The lowest BCUT2D eigenvalue weighted by molar-refractivity contribution is 0.233. The molecule has 1 heterocycles. The summed E-state index contributed by atoms with van der Waals surface area (Å²) in [6.07, 6.45) is 0. The zero-order valence-corrected chi connectivity index (χ0v) is 14.7. The third-order valence-electron chi connectivity index (χ3n) is 3.45. The van der Waals surface area contributed by atoms with Gasteiger partial charge in [-0.15, -0.1) is 11.3 Å². The van der Waals surface area contributed by atoms with E-state index in [1.54, 1.807) is 11.3 Å². The fourth-order valence-corrected chi connectivity index (χ4v) is 3.18. The Morgan fingerprint density at radius 1 is 1.26 bits per heavy atom. The molecule has 0 radical (unpaired) electrons. The van der Waals surface area contributed by atoms with Crippen molar-refractivity contribution in [3.05, 3.63) is 51.2 Å². The number of hydrogen-bond acceptors (Lipinski definition) is 4. The van der Waals surface area contributed by atoms with Gasteiger partial charge in [-0.25, -0.2) is 0 Å². The van der Waals surface area contributed by atoms with Gasteiger partial charge in [0, 0.05) is 28.9 Å². The van der Waals surface area contributed by atoms with E-state index in [1.165, 1.54) is 16.0 Å². The normalized spacial score (nSPS) is 10.5. The zero-order valence-electron chi connectivity index (χ0n) is 13.9. The van der Waals surface area contributed by atoms with Crippen LogP contribution in [0.3, 0.4) is 0 Å². The first kappa shape index (κ1) is 17.6. The summed E-state index contributed by atoms with van der Waals surface area (Å²) in [5, 5.41) is 10.7. The highest BCUT2D eigenvalue weighted by molar-refractivity contribution is 7.10. The molecule has 0 atom stereocenters. The number of aryl methyl sites for hydroxylation is 2. The number of ether oxygens (including phenoxy) is 1. The Balaban J connectivity index is 1.78. The van der Waals surface area contributed by atoms with Crippen LogP contribution in [0, 0.1) is 25.7 Å². The van der Waals surface area contributed by atoms with Gasteiger partial charge < -0.3 is 9.84 Å². The van der Waals surface area contributed by atoms with Crippen LogP contribution in [0.4, 0.5) is 0 Å². The van der Waals surface area contributed by atoms with Gasteiger partial charge in [-0.05, 0) is 38.6 Å². The minimum absolute atomic E-state index is 0.0964. The summed E-state index contributed by atoms with van der Waals surface area (Å²) in [5.41, 5.74) is 3.40. The summed E-state index contributed by atoms with van der Waals surface area (Å²) in [7, 11) is 2.09. The smallest absolute Gasteiger partial charge is 0.122 e. The van der Waals surface area contributed by atoms with Gasteiger partial charge in [0.25, 0.3) is 0 Å². The topological polar surface area (TPSA) is 32.7 Å². The standard InChI is InChI=1S/C19H23NO2S/c1-15-6-7-19(16(2)11-15)22-10-8-20(3)13-18-12-17(14-23-18)5-4-9-21/h6-7,11-12,14,21H,8-10,13H2,1-3H3. The summed E-state index contributed by atoms with van der Waals surface area (Å²) in [4.78, 5) is 3.50. The minimum atomic E-state index is -0.0964. The molecule has 2 aromatic rings. The number of rotatable bonds is 6. The number of nitrogens with zero attached hydrogens (tertiary/aromatic N) is 1. The Bertz CT molecular complexity index is 697. The molecule has 0 saturated heterocycles. The average Bonchev–Trinajstić information content (AvgIpc) is 2.94. The van der Waals surface area contributed by atoms with E-state index in [2.05, 4.69) is 55.8 Å². The van der Waals surface area contributed by atoms with Crippen LogP contribution in [0.1, 0.15) is 21.6 Å². The first-order chi connectivity index (χ1) is 11.1. The van der Waals surface area contributed by atoms with Gasteiger partial charge in [-0.3, -0.25) is 4.90 Å². The molecule has 0 amide bonds. The zero-order chi connectivity index (χ0) is 16.7. The van der Waals surface area contributed by atoms with E-state index < -0.39 is 0 Å². The lowest BCUT2D eigenvalue weighted by Crippen LogP contribution is -2.23. The van der Waals surface area contributed by atoms with E-state index in [0.717, 1.165) is 24.4 Å². The summed E-state index contributed by atoms with van der Waals surface area (Å²) >= 11 is 1.70. The number of benzene rings is 1. The third kappa shape index (κ3) is 5.72. The van der Waals surface area contributed by atoms with Crippen molar-refractivity contribution in [3.8, 4) is 17.6 Å². The maximum atomic E-state index is 8.71. The van der Waals surface area contributed by atoms with Crippen molar-refractivity contribution in [1.29, 1.82) is 0 Å². The summed E-state index contributed by atoms with van der Waals surface area (Å²) in [5.74, 6) is 6.56. The molecule has 0 fully saturated rings. The molecule has 4 heteroatoms. The number of hydrogen-bond donors (Lipinski definition) is 1. The first-order valence-electron chi connectivity index (χ1n) is 7.64. The van der Waals surface area contributed by atoms with Crippen molar-refractivity contribution in [2.45, 2.75) is 20.4 Å². The van der Waals surface area contributed by atoms with Crippen molar-refractivity contribution in [3.63, 3.8) is 0 Å². The van der Waals surface area contributed by atoms with Gasteiger partial charge in [0.15, 0.2) is 0 Å². The quantitative estimate of drug-likeness (QED) is 0.826. The SMILES string of the molecule is Cc1ccc(OCCN(C)Cc2cc(C#CCO)cs2)c(C)c1. The van der Waals surface area contributed by atoms with E-state index in [-0.39, 0.29) is 6.61 Å². The Morgan fingerprint density at radius 3 is 2.83 bits per heavy atom. The molecule has 0 saturated carbocycles. The predicted molar refractivity (Wildman–Crippen MR) is 96.0 cm³/mol. The van der Waals surface area contributed by atoms with Crippen molar-refractivity contribution in [1.82, 2.24) is 4.90 Å². The van der Waals surface area contributed by atoms with Crippen LogP contribution in [-0.4, -0.2) is 36.8 Å². The number of aliphatic hydroxyl groups excluding tert-OH is 1. The molecular weight excluding hydrogens is 306 g/mol. The minimum Gasteiger partial charge on any atom is -0.492 e. The Kier molecular flexibility index (Phi) is 6.66. The monoisotopic (exact) mass is 329 g/mol. The lowest BCUT2D eigenvalue weighted by Gasteiger charge is -2.16. The van der Waals surface area contributed by atoms with Crippen LogP contribution >= 0.6 is 11.3 Å². The van der Waals surface area contributed by atoms with E-state index in [1.807, 2.05) is 11.4 Å². The van der Waals surface area contributed by atoms with Gasteiger partial charge in [0.1, 0.15) is 19.0 Å². The van der Waals surface area contributed by atoms with Crippen LogP contribution in [0.15, 0.2) is 29.6 Å². The largest absolute Gasteiger partial charge is 0.492 e. The third-order valence-corrected chi connectivity index (χ3v) is 4.37. The maximum absolute atomic E-state index is 8.71. The molecule has 122 valence electrons. The highest BCUT2D eigenvalue weighted by atomic mass is 32.1. The molecule has 0 aliphatic rings. The number of thiophene rings is 1. The maximum Gasteiger partial charge on any atom is 0.122 e. The van der Waals surface area contributed by atoms with E-state index in [9.17, 15) is 0 Å². The summed E-state index contributed by atoms with van der Waals surface area (Å²) in [6.45, 7) is 6.48. The van der Waals surface area contributed by atoms with E-state index in [0.29, 0.717) is 6.61 Å². The molecule has 1 aromatic carbocycles. The molecule has 0 spiro atoms. The van der Waals surface area contributed by atoms with Gasteiger partial charge in [0.2, 0.25) is 0 Å². The van der Waals surface area contributed by atoms with Gasteiger partial charge >= 0.3 is 0 Å². The number of likely N-dealkylation sites (N-methyl/N-ethyl adjacent to an activating group) is 1. The molecule has 1 aromatic heterocycles. The van der Waals surface area contributed by atoms with Crippen LogP contribution in [-0.2, 0) is 6.54 Å². The number of aliphatic hydroxyl groups is 1. The Morgan fingerprint density at radius 2 is 2.09 bits per heavy atom. The molecule has 0 unspecified atom stereocenters. The van der Waals surface area contributed by atoms with Crippen LogP contribution < -0.4 is 4.74 Å². The van der Waals surface area contributed by atoms with Crippen LogP contribution in [0.25, 0.3) is 0 Å². The Labute approximate surface area is 142 Å². The van der Waals surface area contributed by atoms with Gasteiger partial charge in [-0.2, -0.15) is 0 Å². The molecular formula is C19H23NO2S. The fourth-order valence-electron chi connectivity index (χ4n) is 2.29. The molecule has 0 aliphatic carbocycles. The molecule has 3 nitrogen and oxygen atoms in total. The van der Waals surface area contributed by atoms with Gasteiger partial charge in [-0.1, -0.05) is 29.5 Å². The second-order valence-electron chi connectivity index (χ2n) is 5.62. The predicted octanol–water partition coefficient (Wildman–Crippen LogP) is 3.22. The molecule has 0 bridgehead atoms. The van der Waals surface area contributed by atoms with Crippen molar-refractivity contribution >= 4 is 11.3 Å². The second kappa shape index (κ2) is 8.73. The highest BCUT2D eigenvalue weighted by Crippen LogP contribution is 2.19. The molecule has 0 aliphatic heterocycles. The molecule has 23 heavy (non-hydrogen) atoms. The average molecular weight is 329 g/mol. The van der Waals surface area contributed by atoms with Crippen molar-refractivity contribution in [2.24, 2.45) is 0 Å². The molecule has 2 rings (SSSR count). The molecule has 1 N–H and O–H groups in total. The summed E-state index contributed by atoms with van der Waals surface area (Å²) in [6, 6.07) is 8.33. The van der Waals surface area contributed by atoms with Crippen LogP contribution in [0.5, 0.6) is 5.75 Å². The van der Waals surface area contributed by atoms with Crippen molar-refractivity contribution in [2.75, 3.05) is 26.8 Å². The first-order valence-corrected chi connectivity index (χ1v) is 8.52. The van der Waals surface area contributed by atoms with Gasteiger partial charge in [0.05, 0.1) is 0 Å². The van der Waals surface area contributed by atoms with Crippen molar-refractivity contribution < 1.29 is 9.84 Å². The fraction of sp³-hybridized carbons (Fsp3) is 0.368. The van der Waals surface area contributed by atoms with Crippen LogP contribution in [0.2, 0.25) is 0 Å². The lowest BCUT2D eigenvalue weighted by atomic mass is 10.1. The summed E-state index contributed by atoms with van der Waals surface area (Å²) < 4.78 is 5.87. The van der Waals surface area contributed by atoms with E-state index >= 15 is 0 Å². The van der Waals surface area contributed by atoms with E-state index in [4.69, 9.17) is 9.84 Å². The highest BCUT2D eigenvalue weighted by Gasteiger charge is 2.05.